The second-order valence-electron chi connectivity index (χ2n) is 5.15. The van der Waals surface area contributed by atoms with E-state index in [1.807, 2.05) is 17.5 Å². The van der Waals surface area contributed by atoms with E-state index in [2.05, 4.69) is 29.0 Å². The van der Waals surface area contributed by atoms with Gasteiger partial charge in [0.25, 0.3) is 0 Å². The number of piperidine rings is 1. The lowest BCUT2D eigenvalue weighted by molar-refractivity contribution is 0.404. The predicted octanol–water partition coefficient (Wildman–Crippen LogP) is 3.27. The highest BCUT2D eigenvalue weighted by Crippen LogP contribution is 2.28. The Morgan fingerprint density at radius 2 is 2.39 bits per heavy atom. The van der Waals surface area contributed by atoms with Crippen molar-refractivity contribution >= 4 is 16.5 Å². The highest BCUT2D eigenvalue weighted by molar-refractivity contribution is 7.15. The van der Waals surface area contributed by atoms with Gasteiger partial charge in [0.1, 0.15) is 0 Å². The summed E-state index contributed by atoms with van der Waals surface area (Å²) in [5, 5.41) is 4.66. The van der Waals surface area contributed by atoms with Crippen molar-refractivity contribution in [2.45, 2.75) is 46.1 Å². The molecule has 2 rings (SSSR count). The van der Waals surface area contributed by atoms with E-state index in [4.69, 9.17) is 0 Å². The molecule has 0 bridgehead atoms. The molecule has 0 radical (unpaired) electrons. The summed E-state index contributed by atoms with van der Waals surface area (Å²) in [7, 11) is 0. The number of thiazole rings is 1. The molecule has 1 N–H and O–H groups in total. The first-order valence-electron chi connectivity index (χ1n) is 7.23. The number of hydrogen-bond acceptors (Lipinski definition) is 4. The Morgan fingerprint density at radius 3 is 3.17 bits per heavy atom. The SMILES string of the molecule is CCCNCc1cnc(N2CCCC(CC)C2)s1. The maximum atomic E-state index is 4.59. The summed E-state index contributed by atoms with van der Waals surface area (Å²) in [4.78, 5) is 8.43. The van der Waals surface area contributed by atoms with Crippen LogP contribution in [-0.4, -0.2) is 24.6 Å². The summed E-state index contributed by atoms with van der Waals surface area (Å²) in [5.41, 5.74) is 0. The van der Waals surface area contributed by atoms with Gasteiger partial charge in [0, 0.05) is 30.7 Å². The number of anilines is 1. The third-order valence-electron chi connectivity index (χ3n) is 3.63. The fraction of sp³-hybridized carbons (Fsp3) is 0.786. The van der Waals surface area contributed by atoms with E-state index in [-0.39, 0.29) is 0 Å². The fourth-order valence-corrected chi connectivity index (χ4v) is 3.40. The fourth-order valence-electron chi connectivity index (χ4n) is 2.49. The second kappa shape index (κ2) is 7.10. The van der Waals surface area contributed by atoms with E-state index in [0.717, 1.165) is 19.0 Å². The van der Waals surface area contributed by atoms with E-state index in [1.54, 1.807) is 0 Å². The predicted molar refractivity (Wildman–Crippen MR) is 79.3 cm³/mol. The maximum absolute atomic E-state index is 4.59. The lowest BCUT2D eigenvalue weighted by Crippen LogP contribution is -2.34. The second-order valence-corrected chi connectivity index (χ2v) is 6.24. The molecule has 18 heavy (non-hydrogen) atoms. The molecule has 0 saturated carbocycles. The van der Waals surface area contributed by atoms with Gasteiger partial charge in [-0.2, -0.15) is 0 Å². The molecule has 3 nitrogen and oxygen atoms in total. The van der Waals surface area contributed by atoms with Gasteiger partial charge in [-0.15, -0.1) is 11.3 Å². The van der Waals surface area contributed by atoms with Crippen LogP contribution in [0, 0.1) is 5.92 Å². The molecule has 0 amide bonds. The van der Waals surface area contributed by atoms with Crippen molar-refractivity contribution in [3.05, 3.63) is 11.1 Å². The molecule has 2 heterocycles. The molecule has 1 aliphatic rings. The van der Waals surface area contributed by atoms with Crippen LogP contribution in [0.1, 0.15) is 44.4 Å². The zero-order valence-corrected chi connectivity index (χ0v) is 12.4. The van der Waals surface area contributed by atoms with Crippen molar-refractivity contribution < 1.29 is 0 Å². The summed E-state index contributed by atoms with van der Waals surface area (Å²) >= 11 is 1.85. The van der Waals surface area contributed by atoms with E-state index in [0.29, 0.717) is 0 Å². The highest BCUT2D eigenvalue weighted by Gasteiger charge is 2.20. The van der Waals surface area contributed by atoms with Crippen molar-refractivity contribution in [2.24, 2.45) is 5.92 Å². The molecular weight excluding hydrogens is 242 g/mol. The van der Waals surface area contributed by atoms with Gasteiger partial charge in [0.15, 0.2) is 5.13 Å². The Bertz CT molecular complexity index is 351. The number of nitrogens with zero attached hydrogens (tertiary/aromatic N) is 2. The number of rotatable bonds is 6. The molecule has 4 heteroatoms. The molecule has 1 aromatic heterocycles. The molecule has 1 fully saturated rings. The van der Waals surface area contributed by atoms with Crippen LogP contribution < -0.4 is 10.2 Å². The van der Waals surface area contributed by atoms with Gasteiger partial charge in [0.05, 0.1) is 0 Å². The van der Waals surface area contributed by atoms with Crippen LogP contribution in [0.4, 0.5) is 5.13 Å². The van der Waals surface area contributed by atoms with Crippen LogP contribution in [0.5, 0.6) is 0 Å². The van der Waals surface area contributed by atoms with Gasteiger partial charge in [-0.3, -0.25) is 0 Å². The topological polar surface area (TPSA) is 28.2 Å². The first-order valence-corrected chi connectivity index (χ1v) is 8.05. The summed E-state index contributed by atoms with van der Waals surface area (Å²) < 4.78 is 0. The normalized spacial score (nSPS) is 20.3. The first-order chi connectivity index (χ1) is 8.83. The third-order valence-corrected chi connectivity index (χ3v) is 4.69. The Kier molecular flexibility index (Phi) is 5.45. The van der Waals surface area contributed by atoms with Gasteiger partial charge >= 0.3 is 0 Å². The molecule has 0 spiro atoms. The van der Waals surface area contributed by atoms with Gasteiger partial charge < -0.3 is 10.2 Å². The zero-order chi connectivity index (χ0) is 12.8. The summed E-state index contributed by atoms with van der Waals surface area (Å²) in [6, 6.07) is 0. The zero-order valence-electron chi connectivity index (χ0n) is 11.6. The van der Waals surface area contributed by atoms with E-state index >= 15 is 0 Å². The van der Waals surface area contributed by atoms with E-state index in [1.165, 1.54) is 48.8 Å². The Balaban J connectivity index is 1.88. The summed E-state index contributed by atoms with van der Waals surface area (Å²) in [5.74, 6) is 0.865. The molecule has 1 aliphatic heterocycles. The van der Waals surface area contributed by atoms with Crippen molar-refractivity contribution in [3.8, 4) is 0 Å². The van der Waals surface area contributed by atoms with Crippen LogP contribution in [0.15, 0.2) is 6.20 Å². The molecule has 1 aromatic rings. The Labute approximate surface area is 115 Å². The minimum atomic E-state index is 0.865. The molecular formula is C14H25N3S. The molecule has 0 aromatic carbocycles. The van der Waals surface area contributed by atoms with Gasteiger partial charge in [-0.05, 0) is 31.7 Å². The molecule has 1 unspecified atom stereocenters. The molecule has 1 saturated heterocycles. The maximum Gasteiger partial charge on any atom is 0.185 e. The first kappa shape index (κ1) is 13.8. The minimum Gasteiger partial charge on any atom is -0.348 e. The smallest absolute Gasteiger partial charge is 0.185 e. The standard InChI is InChI=1S/C14H25N3S/c1-3-7-15-9-13-10-16-14(18-13)17-8-5-6-12(4-2)11-17/h10,12,15H,3-9,11H2,1-2H3. The van der Waals surface area contributed by atoms with Gasteiger partial charge in [-0.25, -0.2) is 4.98 Å². The Morgan fingerprint density at radius 1 is 1.50 bits per heavy atom. The van der Waals surface area contributed by atoms with Crippen molar-refractivity contribution in [3.63, 3.8) is 0 Å². The lowest BCUT2D eigenvalue weighted by Gasteiger charge is -2.31. The van der Waals surface area contributed by atoms with E-state index in [9.17, 15) is 0 Å². The van der Waals surface area contributed by atoms with E-state index < -0.39 is 0 Å². The number of nitrogens with one attached hydrogen (secondary N) is 1. The molecule has 102 valence electrons. The minimum absolute atomic E-state index is 0.865. The van der Waals surface area contributed by atoms with Crippen molar-refractivity contribution in [1.29, 1.82) is 0 Å². The van der Waals surface area contributed by atoms with Gasteiger partial charge in [-0.1, -0.05) is 20.3 Å². The largest absolute Gasteiger partial charge is 0.348 e. The molecule has 1 atom stereocenters. The highest BCUT2D eigenvalue weighted by atomic mass is 32.1. The van der Waals surface area contributed by atoms with Gasteiger partial charge in [0.2, 0.25) is 0 Å². The van der Waals surface area contributed by atoms with Crippen molar-refractivity contribution in [1.82, 2.24) is 10.3 Å². The number of aromatic nitrogens is 1. The summed E-state index contributed by atoms with van der Waals surface area (Å²) in [6.45, 7) is 8.95. The summed E-state index contributed by atoms with van der Waals surface area (Å²) in [6.07, 6.45) is 7.24. The number of hydrogen-bond donors (Lipinski definition) is 1. The van der Waals surface area contributed by atoms with Crippen LogP contribution in [-0.2, 0) is 6.54 Å². The van der Waals surface area contributed by atoms with Crippen LogP contribution in [0.3, 0.4) is 0 Å². The monoisotopic (exact) mass is 267 g/mol. The average Bonchev–Trinajstić information content (AvgIpc) is 2.88. The van der Waals surface area contributed by atoms with Crippen LogP contribution >= 0.6 is 11.3 Å². The van der Waals surface area contributed by atoms with Crippen molar-refractivity contribution in [2.75, 3.05) is 24.5 Å². The van der Waals surface area contributed by atoms with Crippen LogP contribution in [0.25, 0.3) is 0 Å². The van der Waals surface area contributed by atoms with Crippen LogP contribution in [0.2, 0.25) is 0 Å². The molecule has 0 aliphatic carbocycles. The third kappa shape index (κ3) is 3.69. The lowest BCUT2D eigenvalue weighted by atomic mass is 9.96. The quantitative estimate of drug-likeness (QED) is 0.802. The average molecular weight is 267 g/mol. The Hall–Kier alpha value is -0.610.